The first-order valence-electron chi connectivity index (χ1n) is 5.65. The molecule has 1 atom stereocenters. The molecule has 16 heavy (non-hydrogen) atoms. The molecule has 1 unspecified atom stereocenters. The van der Waals surface area contributed by atoms with E-state index in [0.29, 0.717) is 5.92 Å². The molecule has 1 saturated heterocycles. The number of hydrogen-bond acceptors (Lipinski definition) is 2. The van der Waals surface area contributed by atoms with Crippen molar-refractivity contribution in [3.63, 3.8) is 0 Å². The number of benzene rings is 1. The first kappa shape index (κ1) is 10.9. The number of nitriles is 1. The zero-order chi connectivity index (χ0) is 11.5. The normalized spacial score (nSPS) is 20.6. The summed E-state index contributed by atoms with van der Waals surface area (Å²) in [5.74, 6) is 0.241. The Morgan fingerprint density at radius 3 is 2.94 bits per heavy atom. The molecular weight excluding hydrogens is 203 g/mol. The minimum Gasteiger partial charge on any atom is -0.371 e. The molecule has 1 aliphatic rings. The molecule has 2 nitrogen and oxygen atoms in total. The molecule has 0 saturated carbocycles. The molecule has 0 N–H and O–H groups in total. The van der Waals surface area contributed by atoms with Crippen molar-refractivity contribution in [2.24, 2.45) is 5.92 Å². The molecule has 0 spiro atoms. The monoisotopic (exact) mass is 218 g/mol. The predicted molar refractivity (Wildman–Crippen MR) is 61.7 cm³/mol. The standard InChI is InChI=1S/C13H15FN2/c1-10-3-2-6-16(9-10)12-5-4-11(8-15)13(14)7-12/h4-5,7,10H,2-3,6,9H2,1H3. The van der Waals surface area contributed by atoms with E-state index in [1.807, 2.05) is 12.1 Å². The zero-order valence-corrected chi connectivity index (χ0v) is 9.41. The van der Waals surface area contributed by atoms with Crippen LogP contribution in [0.4, 0.5) is 10.1 Å². The van der Waals surface area contributed by atoms with Gasteiger partial charge < -0.3 is 4.90 Å². The van der Waals surface area contributed by atoms with Crippen LogP contribution in [0.3, 0.4) is 0 Å². The van der Waals surface area contributed by atoms with Crippen LogP contribution in [0.1, 0.15) is 25.3 Å². The van der Waals surface area contributed by atoms with Gasteiger partial charge in [-0.05, 0) is 37.0 Å². The fourth-order valence-corrected chi connectivity index (χ4v) is 2.22. The Bertz CT molecular complexity index is 422. The van der Waals surface area contributed by atoms with Crippen LogP contribution in [0.25, 0.3) is 0 Å². The van der Waals surface area contributed by atoms with Crippen LogP contribution < -0.4 is 4.90 Å². The second-order valence-corrected chi connectivity index (χ2v) is 4.47. The Labute approximate surface area is 95.3 Å². The summed E-state index contributed by atoms with van der Waals surface area (Å²) in [6.45, 7) is 4.17. The minimum absolute atomic E-state index is 0.119. The van der Waals surface area contributed by atoms with Gasteiger partial charge >= 0.3 is 0 Å². The lowest BCUT2D eigenvalue weighted by Gasteiger charge is -2.32. The topological polar surface area (TPSA) is 27.0 Å². The number of halogens is 1. The van der Waals surface area contributed by atoms with Crippen LogP contribution >= 0.6 is 0 Å². The lowest BCUT2D eigenvalue weighted by Crippen LogP contribution is -2.34. The van der Waals surface area contributed by atoms with Gasteiger partial charge in [-0.25, -0.2) is 4.39 Å². The number of hydrogen-bond donors (Lipinski definition) is 0. The van der Waals surface area contributed by atoms with Gasteiger partial charge in [0.05, 0.1) is 5.56 Å². The van der Waals surface area contributed by atoms with Crippen molar-refractivity contribution in [1.82, 2.24) is 0 Å². The first-order valence-corrected chi connectivity index (χ1v) is 5.65. The molecule has 1 aromatic rings. The van der Waals surface area contributed by atoms with Gasteiger partial charge in [-0.2, -0.15) is 5.26 Å². The molecule has 2 rings (SSSR count). The van der Waals surface area contributed by atoms with Crippen molar-refractivity contribution in [3.8, 4) is 6.07 Å². The number of nitrogens with zero attached hydrogens (tertiary/aromatic N) is 2. The van der Waals surface area contributed by atoms with Crippen LogP contribution in [0.2, 0.25) is 0 Å². The molecule has 3 heteroatoms. The molecule has 0 bridgehead atoms. The molecule has 0 amide bonds. The molecule has 1 fully saturated rings. The summed E-state index contributed by atoms with van der Waals surface area (Å²) in [5, 5.41) is 8.66. The quantitative estimate of drug-likeness (QED) is 0.724. The minimum atomic E-state index is -0.418. The smallest absolute Gasteiger partial charge is 0.143 e. The van der Waals surface area contributed by atoms with E-state index in [0.717, 1.165) is 25.2 Å². The second-order valence-electron chi connectivity index (χ2n) is 4.47. The Hall–Kier alpha value is -1.56. The van der Waals surface area contributed by atoms with E-state index in [4.69, 9.17) is 5.26 Å². The molecular formula is C13H15FN2. The van der Waals surface area contributed by atoms with Gasteiger partial charge in [0.15, 0.2) is 0 Å². The third kappa shape index (κ3) is 2.16. The second kappa shape index (κ2) is 4.52. The average Bonchev–Trinajstić information content (AvgIpc) is 2.29. The highest BCUT2D eigenvalue weighted by Gasteiger charge is 2.17. The van der Waals surface area contributed by atoms with Crippen LogP contribution in [-0.2, 0) is 0 Å². The summed E-state index contributed by atoms with van der Waals surface area (Å²) in [6, 6.07) is 6.70. The van der Waals surface area contributed by atoms with Crippen molar-refractivity contribution in [3.05, 3.63) is 29.6 Å². The van der Waals surface area contributed by atoms with Gasteiger partial charge in [0, 0.05) is 18.8 Å². The Kier molecular flexibility index (Phi) is 3.09. The summed E-state index contributed by atoms with van der Waals surface area (Å²) < 4.78 is 13.5. The summed E-state index contributed by atoms with van der Waals surface area (Å²) in [4.78, 5) is 2.19. The summed E-state index contributed by atoms with van der Waals surface area (Å²) in [5.41, 5.74) is 1.01. The Morgan fingerprint density at radius 2 is 2.31 bits per heavy atom. The van der Waals surface area contributed by atoms with Gasteiger partial charge in [-0.3, -0.25) is 0 Å². The summed E-state index contributed by atoms with van der Waals surface area (Å²) in [6.07, 6.45) is 2.40. The highest BCUT2D eigenvalue weighted by atomic mass is 19.1. The highest BCUT2D eigenvalue weighted by Crippen LogP contribution is 2.24. The Balaban J connectivity index is 2.21. The van der Waals surface area contributed by atoms with E-state index in [9.17, 15) is 4.39 Å². The maximum absolute atomic E-state index is 13.5. The van der Waals surface area contributed by atoms with E-state index in [1.54, 1.807) is 6.07 Å². The fourth-order valence-electron chi connectivity index (χ4n) is 2.22. The van der Waals surface area contributed by atoms with Crippen molar-refractivity contribution in [2.45, 2.75) is 19.8 Å². The maximum atomic E-state index is 13.5. The third-order valence-corrected chi connectivity index (χ3v) is 3.10. The lowest BCUT2D eigenvalue weighted by molar-refractivity contribution is 0.446. The molecule has 1 aromatic carbocycles. The molecule has 84 valence electrons. The third-order valence-electron chi connectivity index (χ3n) is 3.10. The van der Waals surface area contributed by atoms with E-state index < -0.39 is 5.82 Å². The van der Waals surface area contributed by atoms with Gasteiger partial charge in [0.2, 0.25) is 0 Å². The number of piperidine rings is 1. The summed E-state index contributed by atoms with van der Waals surface area (Å²) in [7, 11) is 0. The lowest BCUT2D eigenvalue weighted by atomic mass is 9.99. The zero-order valence-electron chi connectivity index (χ0n) is 9.41. The van der Waals surface area contributed by atoms with Crippen LogP contribution in [-0.4, -0.2) is 13.1 Å². The maximum Gasteiger partial charge on any atom is 0.143 e. The van der Waals surface area contributed by atoms with Gasteiger partial charge in [-0.15, -0.1) is 0 Å². The predicted octanol–water partition coefficient (Wildman–Crippen LogP) is 2.93. The van der Waals surface area contributed by atoms with Gasteiger partial charge in [0.1, 0.15) is 11.9 Å². The van der Waals surface area contributed by atoms with E-state index in [1.165, 1.54) is 12.5 Å². The number of anilines is 1. The SMILES string of the molecule is CC1CCCN(c2ccc(C#N)c(F)c2)C1. The Morgan fingerprint density at radius 1 is 1.50 bits per heavy atom. The van der Waals surface area contributed by atoms with Gasteiger partial charge in [-0.1, -0.05) is 6.92 Å². The first-order chi connectivity index (χ1) is 7.70. The van der Waals surface area contributed by atoms with Crippen LogP contribution in [0, 0.1) is 23.1 Å². The molecule has 1 aliphatic heterocycles. The average molecular weight is 218 g/mol. The van der Waals surface area contributed by atoms with Crippen LogP contribution in [0.5, 0.6) is 0 Å². The van der Waals surface area contributed by atoms with Crippen molar-refractivity contribution < 1.29 is 4.39 Å². The van der Waals surface area contributed by atoms with Gasteiger partial charge in [0.25, 0.3) is 0 Å². The highest BCUT2D eigenvalue weighted by molar-refractivity contribution is 5.50. The van der Waals surface area contributed by atoms with Crippen molar-refractivity contribution >= 4 is 5.69 Å². The summed E-state index contributed by atoms with van der Waals surface area (Å²) >= 11 is 0. The fraction of sp³-hybridized carbons (Fsp3) is 0.462. The van der Waals surface area contributed by atoms with E-state index in [-0.39, 0.29) is 5.56 Å². The molecule has 0 aromatic heterocycles. The molecule has 1 heterocycles. The van der Waals surface area contributed by atoms with E-state index in [2.05, 4.69) is 11.8 Å². The molecule has 0 aliphatic carbocycles. The van der Waals surface area contributed by atoms with Crippen molar-refractivity contribution in [2.75, 3.05) is 18.0 Å². The largest absolute Gasteiger partial charge is 0.371 e. The molecule has 0 radical (unpaired) electrons. The number of rotatable bonds is 1. The van der Waals surface area contributed by atoms with Crippen LogP contribution in [0.15, 0.2) is 18.2 Å². The van der Waals surface area contributed by atoms with E-state index >= 15 is 0 Å². The van der Waals surface area contributed by atoms with Crippen molar-refractivity contribution in [1.29, 1.82) is 5.26 Å².